The Balaban J connectivity index is 1.70. The van der Waals surface area contributed by atoms with Crippen LogP contribution < -0.4 is 0 Å². The molecule has 0 aromatic carbocycles. The Kier molecular flexibility index (Phi) is 3.16. The number of aliphatic hydroxyl groups is 2. The molecule has 3 heteroatoms. The van der Waals surface area contributed by atoms with Crippen LogP contribution in [0.1, 0.15) is 58.8 Å². The first-order valence-electron chi connectivity index (χ1n) is 8.95. The molecule has 2 N–H and O–H groups in total. The van der Waals surface area contributed by atoms with E-state index in [1.54, 1.807) is 0 Å². The van der Waals surface area contributed by atoms with Gasteiger partial charge in [-0.15, -0.1) is 0 Å². The summed E-state index contributed by atoms with van der Waals surface area (Å²) in [6.07, 6.45) is 7.44. The lowest BCUT2D eigenvalue weighted by Crippen LogP contribution is -2.53. The maximum absolute atomic E-state index is 12.4. The highest BCUT2D eigenvalue weighted by Crippen LogP contribution is 2.63. The summed E-state index contributed by atoms with van der Waals surface area (Å²) in [5, 5.41) is 20.2. The lowest BCUT2D eigenvalue weighted by Gasteiger charge is -2.57. The second-order valence-corrected chi connectivity index (χ2v) is 8.72. The summed E-state index contributed by atoms with van der Waals surface area (Å²) in [6, 6.07) is 0. The Bertz CT molecular complexity index is 539. The Morgan fingerprint density at radius 1 is 1.09 bits per heavy atom. The van der Waals surface area contributed by atoms with Crippen molar-refractivity contribution in [3.63, 3.8) is 0 Å². The SMILES string of the molecule is C[C@]12C[C@@H](O)[C@H](O)CC1=CCC1C2CC[C@]2(C)C(=O)CCC12. The normalized spacial score (nSPS) is 54.3. The molecule has 4 aliphatic rings. The van der Waals surface area contributed by atoms with Gasteiger partial charge in [-0.1, -0.05) is 25.5 Å². The second-order valence-electron chi connectivity index (χ2n) is 8.72. The van der Waals surface area contributed by atoms with Crippen LogP contribution in [0.3, 0.4) is 0 Å². The standard InChI is InChI=1S/C19H28O3/c1-18-8-7-14-12(13(18)5-6-17(18)22)4-3-11-9-15(20)16(21)10-19(11,14)2/h3,12-16,20-21H,4-10H2,1-2H3/t12?,13?,14?,15-,16-,18+,19+/m1/s1. The number of fused-ring (bicyclic) bond motifs is 5. The average molecular weight is 304 g/mol. The number of allylic oxidation sites excluding steroid dienone is 1. The first-order valence-corrected chi connectivity index (χ1v) is 8.95. The van der Waals surface area contributed by atoms with Crippen LogP contribution in [0.15, 0.2) is 11.6 Å². The topological polar surface area (TPSA) is 57.5 Å². The highest BCUT2D eigenvalue weighted by molar-refractivity contribution is 5.87. The Labute approximate surface area is 132 Å². The summed E-state index contributed by atoms with van der Waals surface area (Å²) in [6.45, 7) is 4.49. The van der Waals surface area contributed by atoms with Gasteiger partial charge in [-0.05, 0) is 61.7 Å². The first kappa shape index (κ1) is 14.9. The van der Waals surface area contributed by atoms with Crippen LogP contribution in [-0.2, 0) is 4.79 Å². The van der Waals surface area contributed by atoms with Crippen molar-refractivity contribution in [2.24, 2.45) is 28.6 Å². The van der Waals surface area contributed by atoms with Gasteiger partial charge in [-0.25, -0.2) is 0 Å². The molecule has 0 spiro atoms. The molecule has 4 aliphatic carbocycles. The number of hydrogen-bond acceptors (Lipinski definition) is 3. The number of hydrogen-bond donors (Lipinski definition) is 2. The van der Waals surface area contributed by atoms with Crippen LogP contribution >= 0.6 is 0 Å². The average Bonchev–Trinajstić information content (AvgIpc) is 2.77. The second kappa shape index (κ2) is 4.67. The van der Waals surface area contributed by atoms with E-state index >= 15 is 0 Å². The zero-order valence-electron chi connectivity index (χ0n) is 13.7. The summed E-state index contributed by atoms with van der Waals surface area (Å²) in [4.78, 5) is 12.4. The third kappa shape index (κ3) is 1.78. The van der Waals surface area contributed by atoms with Crippen molar-refractivity contribution in [3.8, 4) is 0 Å². The number of carbonyl (C=O) groups is 1. The van der Waals surface area contributed by atoms with E-state index in [1.807, 2.05) is 0 Å². The lowest BCUT2D eigenvalue weighted by atomic mass is 9.48. The minimum atomic E-state index is -0.599. The van der Waals surface area contributed by atoms with Crippen molar-refractivity contribution in [1.82, 2.24) is 0 Å². The molecular weight excluding hydrogens is 276 g/mol. The van der Waals surface area contributed by atoms with Crippen LogP contribution in [0, 0.1) is 28.6 Å². The maximum Gasteiger partial charge on any atom is 0.139 e. The predicted octanol–water partition coefficient (Wildman–Crippen LogP) is 2.85. The minimum absolute atomic E-state index is 0.0224. The van der Waals surface area contributed by atoms with Gasteiger partial charge in [-0.2, -0.15) is 0 Å². The van der Waals surface area contributed by atoms with Gasteiger partial charge < -0.3 is 10.2 Å². The molecule has 4 rings (SSSR count). The molecule has 3 saturated carbocycles. The third-order valence-electron chi connectivity index (χ3n) is 7.84. The zero-order valence-corrected chi connectivity index (χ0v) is 13.7. The van der Waals surface area contributed by atoms with E-state index in [1.165, 1.54) is 5.57 Å². The largest absolute Gasteiger partial charge is 0.390 e. The number of Topliss-reactive ketones (excluding diaryl/α,β-unsaturated/α-hetero) is 1. The van der Waals surface area contributed by atoms with E-state index in [2.05, 4.69) is 19.9 Å². The smallest absolute Gasteiger partial charge is 0.139 e. The molecule has 3 unspecified atom stereocenters. The molecule has 0 aromatic heterocycles. The molecule has 0 aromatic rings. The van der Waals surface area contributed by atoms with Crippen LogP contribution in [0.5, 0.6) is 0 Å². The molecule has 0 heterocycles. The van der Waals surface area contributed by atoms with E-state index in [-0.39, 0.29) is 10.8 Å². The minimum Gasteiger partial charge on any atom is -0.390 e. The van der Waals surface area contributed by atoms with E-state index in [0.29, 0.717) is 36.4 Å². The van der Waals surface area contributed by atoms with Crippen LogP contribution in [-0.4, -0.2) is 28.2 Å². The van der Waals surface area contributed by atoms with Crippen LogP contribution in [0.4, 0.5) is 0 Å². The highest BCUT2D eigenvalue weighted by Gasteiger charge is 2.59. The van der Waals surface area contributed by atoms with Gasteiger partial charge in [0.2, 0.25) is 0 Å². The zero-order chi connectivity index (χ0) is 15.7. The summed E-state index contributed by atoms with van der Waals surface area (Å²) >= 11 is 0. The third-order valence-corrected chi connectivity index (χ3v) is 7.84. The molecule has 3 fully saturated rings. The molecule has 122 valence electrons. The fraction of sp³-hybridized carbons (Fsp3) is 0.842. The first-order chi connectivity index (χ1) is 10.4. The van der Waals surface area contributed by atoms with Gasteiger partial charge >= 0.3 is 0 Å². The van der Waals surface area contributed by atoms with Gasteiger partial charge in [-0.3, -0.25) is 4.79 Å². The molecule has 0 amide bonds. The summed E-state index contributed by atoms with van der Waals surface area (Å²) < 4.78 is 0. The summed E-state index contributed by atoms with van der Waals surface area (Å²) in [7, 11) is 0. The van der Waals surface area contributed by atoms with Gasteiger partial charge in [0.1, 0.15) is 5.78 Å². The molecule has 0 saturated heterocycles. The number of carbonyl (C=O) groups excluding carboxylic acids is 1. The highest BCUT2D eigenvalue weighted by atomic mass is 16.3. The molecular formula is C19H28O3. The van der Waals surface area contributed by atoms with E-state index in [4.69, 9.17) is 0 Å². The predicted molar refractivity (Wildman–Crippen MR) is 84.1 cm³/mol. The van der Waals surface area contributed by atoms with E-state index in [0.717, 1.165) is 32.1 Å². The molecule has 3 nitrogen and oxygen atoms in total. The lowest BCUT2D eigenvalue weighted by molar-refractivity contribution is -0.133. The molecule has 0 radical (unpaired) electrons. The maximum atomic E-state index is 12.4. The van der Waals surface area contributed by atoms with Crippen molar-refractivity contribution in [2.45, 2.75) is 71.0 Å². The number of rotatable bonds is 0. The molecule has 0 bridgehead atoms. The van der Waals surface area contributed by atoms with Crippen molar-refractivity contribution in [3.05, 3.63) is 11.6 Å². The van der Waals surface area contributed by atoms with Gasteiger partial charge in [0, 0.05) is 11.8 Å². The van der Waals surface area contributed by atoms with Crippen molar-refractivity contribution < 1.29 is 15.0 Å². The van der Waals surface area contributed by atoms with E-state index in [9.17, 15) is 15.0 Å². The molecule has 22 heavy (non-hydrogen) atoms. The van der Waals surface area contributed by atoms with Gasteiger partial charge in [0.05, 0.1) is 12.2 Å². The summed E-state index contributed by atoms with van der Waals surface area (Å²) in [5.41, 5.74) is 1.30. The van der Waals surface area contributed by atoms with Crippen molar-refractivity contribution in [1.29, 1.82) is 0 Å². The fourth-order valence-corrected chi connectivity index (χ4v) is 6.46. The van der Waals surface area contributed by atoms with Gasteiger partial charge in [0.15, 0.2) is 0 Å². The molecule has 0 aliphatic heterocycles. The van der Waals surface area contributed by atoms with E-state index < -0.39 is 12.2 Å². The Morgan fingerprint density at radius 2 is 1.82 bits per heavy atom. The van der Waals surface area contributed by atoms with Crippen LogP contribution in [0.2, 0.25) is 0 Å². The van der Waals surface area contributed by atoms with Crippen molar-refractivity contribution >= 4 is 5.78 Å². The fourth-order valence-electron chi connectivity index (χ4n) is 6.46. The van der Waals surface area contributed by atoms with Crippen LogP contribution in [0.25, 0.3) is 0 Å². The number of ketones is 1. The van der Waals surface area contributed by atoms with Crippen molar-refractivity contribution in [2.75, 3.05) is 0 Å². The monoisotopic (exact) mass is 304 g/mol. The number of aliphatic hydroxyl groups excluding tert-OH is 2. The Hall–Kier alpha value is -0.670. The summed E-state index contributed by atoms with van der Waals surface area (Å²) in [5.74, 6) is 2.16. The van der Waals surface area contributed by atoms with Gasteiger partial charge in [0.25, 0.3) is 0 Å². The quantitative estimate of drug-likeness (QED) is 0.677. The molecule has 7 atom stereocenters. The Morgan fingerprint density at radius 3 is 2.59 bits per heavy atom.